The Bertz CT molecular complexity index is 493. The number of carbonyl (C=O) groups is 1. The number of benzene rings is 1. The maximum absolute atomic E-state index is 12.0. The van der Waals surface area contributed by atoms with Gasteiger partial charge in [-0.1, -0.05) is 53.7 Å². The molecule has 0 heterocycles. The van der Waals surface area contributed by atoms with Crippen LogP contribution < -0.4 is 15.8 Å². The van der Waals surface area contributed by atoms with E-state index in [0.29, 0.717) is 19.1 Å². The van der Waals surface area contributed by atoms with E-state index in [0.717, 1.165) is 11.3 Å². The van der Waals surface area contributed by atoms with Gasteiger partial charge >= 0.3 is 0 Å². The van der Waals surface area contributed by atoms with Crippen molar-refractivity contribution in [2.24, 2.45) is 17.6 Å². The Balaban J connectivity index is 2.63. The van der Waals surface area contributed by atoms with Crippen molar-refractivity contribution in [2.75, 3.05) is 13.2 Å². The van der Waals surface area contributed by atoms with E-state index in [2.05, 4.69) is 45.1 Å². The zero-order valence-electron chi connectivity index (χ0n) is 15.3. The number of hydrogen-bond acceptors (Lipinski definition) is 3. The van der Waals surface area contributed by atoms with Crippen molar-refractivity contribution in [1.29, 1.82) is 0 Å². The van der Waals surface area contributed by atoms with Gasteiger partial charge in [-0.25, -0.2) is 0 Å². The molecule has 1 rings (SSSR count). The Morgan fingerprint density at radius 2 is 1.74 bits per heavy atom. The molecule has 1 atom stereocenters. The first-order valence-corrected chi connectivity index (χ1v) is 8.40. The van der Waals surface area contributed by atoms with Gasteiger partial charge in [-0.15, -0.1) is 0 Å². The second-order valence-electron chi connectivity index (χ2n) is 7.60. The fourth-order valence-corrected chi connectivity index (χ4v) is 2.10. The highest BCUT2D eigenvalue weighted by molar-refractivity contribution is 5.81. The zero-order chi connectivity index (χ0) is 17.6. The first kappa shape index (κ1) is 19.5. The van der Waals surface area contributed by atoms with Gasteiger partial charge in [-0.2, -0.15) is 0 Å². The lowest BCUT2D eigenvalue weighted by atomic mass is 9.84. The van der Waals surface area contributed by atoms with Crippen LogP contribution in [-0.4, -0.2) is 25.1 Å². The summed E-state index contributed by atoms with van der Waals surface area (Å²) >= 11 is 0. The van der Waals surface area contributed by atoms with Crippen molar-refractivity contribution in [1.82, 2.24) is 5.32 Å². The lowest BCUT2D eigenvalue weighted by molar-refractivity contribution is -0.123. The molecule has 0 fully saturated rings. The van der Waals surface area contributed by atoms with Crippen molar-refractivity contribution >= 4 is 5.91 Å². The van der Waals surface area contributed by atoms with Crippen LogP contribution in [0.15, 0.2) is 24.3 Å². The normalized spacial score (nSPS) is 13.3. The fourth-order valence-electron chi connectivity index (χ4n) is 2.10. The molecule has 3 N–H and O–H groups in total. The minimum Gasteiger partial charge on any atom is -0.493 e. The monoisotopic (exact) mass is 320 g/mol. The molecule has 4 nitrogen and oxygen atoms in total. The van der Waals surface area contributed by atoms with Gasteiger partial charge in [0.2, 0.25) is 5.91 Å². The van der Waals surface area contributed by atoms with Gasteiger partial charge in [0.15, 0.2) is 0 Å². The average molecular weight is 320 g/mol. The highest BCUT2D eigenvalue weighted by atomic mass is 16.5. The van der Waals surface area contributed by atoms with E-state index in [9.17, 15) is 4.79 Å². The fraction of sp³-hybridized carbons (Fsp3) is 0.632. The van der Waals surface area contributed by atoms with Gasteiger partial charge in [0, 0.05) is 12.0 Å². The Kier molecular flexibility index (Phi) is 7.07. The molecular weight excluding hydrogens is 288 g/mol. The van der Waals surface area contributed by atoms with Crippen molar-refractivity contribution in [3.63, 3.8) is 0 Å². The summed E-state index contributed by atoms with van der Waals surface area (Å²) in [6.07, 6.45) is 0. The summed E-state index contributed by atoms with van der Waals surface area (Å²) in [6, 6.07) is 7.63. The van der Waals surface area contributed by atoms with Crippen LogP contribution in [0.2, 0.25) is 0 Å². The van der Waals surface area contributed by atoms with Crippen LogP contribution in [0.3, 0.4) is 0 Å². The summed E-state index contributed by atoms with van der Waals surface area (Å²) in [5, 5.41) is 2.96. The number of nitrogens with one attached hydrogen (secondary N) is 1. The molecule has 1 aromatic carbocycles. The standard InChI is InChI=1S/C19H32N2O2/c1-13(2)11-23-16-9-7-15(8-10-16)19(5,6)12-21-18(22)17(20)14(3)4/h7-10,13-14,17H,11-12,20H2,1-6H3,(H,21,22)/t17-/m0/s1. The summed E-state index contributed by atoms with van der Waals surface area (Å²) in [5.74, 6) is 1.43. The zero-order valence-corrected chi connectivity index (χ0v) is 15.3. The van der Waals surface area contributed by atoms with Crippen LogP contribution in [-0.2, 0) is 10.2 Å². The summed E-state index contributed by atoms with van der Waals surface area (Å²) in [6.45, 7) is 13.6. The second-order valence-corrected chi connectivity index (χ2v) is 7.60. The molecule has 23 heavy (non-hydrogen) atoms. The van der Waals surface area contributed by atoms with Crippen LogP contribution in [0, 0.1) is 11.8 Å². The smallest absolute Gasteiger partial charge is 0.237 e. The predicted molar refractivity (Wildman–Crippen MR) is 95.6 cm³/mol. The van der Waals surface area contributed by atoms with Crippen molar-refractivity contribution in [2.45, 2.75) is 53.0 Å². The number of carbonyl (C=O) groups excluding carboxylic acids is 1. The third kappa shape index (κ3) is 6.22. The number of amides is 1. The quantitative estimate of drug-likeness (QED) is 0.773. The number of rotatable bonds is 8. The molecule has 0 saturated carbocycles. The van der Waals surface area contributed by atoms with E-state index in [-0.39, 0.29) is 17.2 Å². The minimum atomic E-state index is -0.461. The van der Waals surface area contributed by atoms with Crippen LogP contribution in [0.1, 0.15) is 47.1 Å². The second kappa shape index (κ2) is 8.34. The van der Waals surface area contributed by atoms with Gasteiger partial charge in [-0.3, -0.25) is 4.79 Å². The molecule has 4 heteroatoms. The van der Waals surface area contributed by atoms with Crippen LogP contribution in [0.4, 0.5) is 0 Å². The molecule has 0 spiro atoms. The third-order valence-electron chi connectivity index (χ3n) is 3.94. The highest BCUT2D eigenvalue weighted by Gasteiger charge is 2.24. The molecule has 1 amide bonds. The molecule has 1 aromatic rings. The maximum atomic E-state index is 12.0. The molecule has 0 saturated heterocycles. The summed E-state index contributed by atoms with van der Waals surface area (Å²) in [4.78, 5) is 12.0. The SMILES string of the molecule is CC(C)COc1ccc(C(C)(C)CNC(=O)[C@@H](N)C(C)C)cc1. The molecular formula is C19H32N2O2. The molecule has 0 aliphatic heterocycles. The molecule has 0 bridgehead atoms. The first-order chi connectivity index (χ1) is 10.6. The van der Waals surface area contributed by atoms with E-state index in [4.69, 9.17) is 10.5 Å². The third-order valence-corrected chi connectivity index (χ3v) is 3.94. The van der Waals surface area contributed by atoms with Gasteiger partial charge in [0.05, 0.1) is 12.6 Å². The Morgan fingerprint density at radius 3 is 2.22 bits per heavy atom. The van der Waals surface area contributed by atoms with Crippen LogP contribution >= 0.6 is 0 Å². The van der Waals surface area contributed by atoms with Gasteiger partial charge in [0.25, 0.3) is 0 Å². The van der Waals surface area contributed by atoms with Gasteiger partial charge in [-0.05, 0) is 29.5 Å². The van der Waals surface area contributed by atoms with Gasteiger partial charge in [0.1, 0.15) is 5.75 Å². The summed E-state index contributed by atoms with van der Waals surface area (Å²) < 4.78 is 5.70. The first-order valence-electron chi connectivity index (χ1n) is 8.40. The predicted octanol–water partition coefficient (Wildman–Crippen LogP) is 3.10. The van der Waals surface area contributed by atoms with Crippen molar-refractivity contribution in [3.05, 3.63) is 29.8 Å². The van der Waals surface area contributed by atoms with E-state index in [1.807, 2.05) is 26.0 Å². The number of hydrogen-bond donors (Lipinski definition) is 2. The van der Waals surface area contributed by atoms with Crippen molar-refractivity contribution < 1.29 is 9.53 Å². The Morgan fingerprint density at radius 1 is 1.17 bits per heavy atom. The van der Waals surface area contributed by atoms with E-state index in [1.165, 1.54) is 0 Å². The lowest BCUT2D eigenvalue weighted by Gasteiger charge is -2.27. The topological polar surface area (TPSA) is 64.3 Å². The molecule has 0 aromatic heterocycles. The molecule has 0 radical (unpaired) electrons. The largest absolute Gasteiger partial charge is 0.493 e. The van der Waals surface area contributed by atoms with E-state index < -0.39 is 6.04 Å². The van der Waals surface area contributed by atoms with Gasteiger partial charge < -0.3 is 15.8 Å². The lowest BCUT2D eigenvalue weighted by Crippen LogP contribution is -2.47. The van der Waals surface area contributed by atoms with E-state index >= 15 is 0 Å². The van der Waals surface area contributed by atoms with Crippen LogP contribution in [0.5, 0.6) is 5.75 Å². The molecule has 0 aliphatic rings. The number of ether oxygens (including phenoxy) is 1. The molecule has 0 unspecified atom stereocenters. The number of nitrogens with two attached hydrogens (primary N) is 1. The minimum absolute atomic E-state index is 0.0926. The van der Waals surface area contributed by atoms with Crippen molar-refractivity contribution in [3.8, 4) is 5.75 Å². The Hall–Kier alpha value is -1.55. The van der Waals surface area contributed by atoms with E-state index in [1.54, 1.807) is 0 Å². The Labute approximate surface area is 140 Å². The highest BCUT2D eigenvalue weighted by Crippen LogP contribution is 2.25. The molecule has 130 valence electrons. The van der Waals surface area contributed by atoms with Crippen LogP contribution in [0.25, 0.3) is 0 Å². The maximum Gasteiger partial charge on any atom is 0.237 e. The average Bonchev–Trinajstić information content (AvgIpc) is 2.50. The molecule has 0 aliphatic carbocycles. The summed E-state index contributed by atoms with van der Waals surface area (Å²) in [5.41, 5.74) is 6.87. The summed E-state index contributed by atoms with van der Waals surface area (Å²) in [7, 11) is 0.